The molecule has 1 amide bonds. The van der Waals surface area contributed by atoms with E-state index >= 15 is 0 Å². The van der Waals surface area contributed by atoms with Gasteiger partial charge in [0.05, 0.1) is 24.3 Å². The molecule has 0 spiro atoms. The van der Waals surface area contributed by atoms with E-state index in [0.29, 0.717) is 30.8 Å². The van der Waals surface area contributed by atoms with Gasteiger partial charge < -0.3 is 4.74 Å². The second-order valence-electron chi connectivity index (χ2n) is 4.23. The van der Waals surface area contributed by atoms with Crippen molar-refractivity contribution >= 4 is 21.8 Å². The van der Waals surface area contributed by atoms with E-state index < -0.39 is 17.6 Å². The van der Waals surface area contributed by atoms with Crippen molar-refractivity contribution in [1.29, 1.82) is 0 Å². The third-order valence-corrected chi connectivity index (χ3v) is 3.50. The normalized spacial score (nSPS) is 17.0. The molecule has 0 aliphatic carbocycles. The maximum absolute atomic E-state index is 12.6. The van der Waals surface area contributed by atoms with Crippen LogP contribution < -0.4 is 5.43 Å². The van der Waals surface area contributed by atoms with Crippen LogP contribution >= 0.6 is 15.9 Å². The Bertz CT molecular complexity index is 502. The Morgan fingerprint density at radius 2 is 1.95 bits per heavy atom. The Labute approximate surface area is 122 Å². The SMILES string of the molecule is O=C(NN1CCOCC1)c1cc(C(F)(F)F)ccc1Br. The molecular formula is C12H12BrF3N2O2. The molecule has 1 aromatic rings. The fraction of sp³-hybridized carbons (Fsp3) is 0.417. The molecule has 1 aliphatic heterocycles. The highest BCUT2D eigenvalue weighted by Gasteiger charge is 2.31. The molecule has 4 nitrogen and oxygen atoms in total. The summed E-state index contributed by atoms with van der Waals surface area (Å²) in [6.07, 6.45) is -4.48. The number of nitrogens with zero attached hydrogens (tertiary/aromatic N) is 1. The van der Waals surface area contributed by atoms with Crippen LogP contribution in [0.1, 0.15) is 15.9 Å². The minimum Gasteiger partial charge on any atom is -0.379 e. The fourth-order valence-electron chi connectivity index (χ4n) is 1.75. The van der Waals surface area contributed by atoms with E-state index in [2.05, 4.69) is 21.4 Å². The Morgan fingerprint density at radius 1 is 1.30 bits per heavy atom. The Balaban J connectivity index is 2.16. The Morgan fingerprint density at radius 3 is 2.55 bits per heavy atom. The number of halogens is 4. The molecule has 20 heavy (non-hydrogen) atoms. The van der Waals surface area contributed by atoms with E-state index in [4.69, 9.17) is 4.74 Å². The van der Waals surface area contributed by atoms with E-state index in [0.717, 1.165) is 12.1 Å². The molecule has 0 unspecified atom stereocenters. The van der Waals surface area contributed by atoms with Crippen molar-refractivity contribution in [3.8, 4) is 0 Å². The number of carbonyl (C=O) groups excluding carboxylic acids is 1. The predicted molar refractivity (Wildman–Crippen MR) is 69.0 cm³/mol. The quantitative estimate of drug-likeness (QED) is 0.888. The van der Waals surface area contributed by atoms with Crippen LogP contribution in [0.15, 0.2) is 22.7 Å². The van der Waals surface area contributed by atoms with Gasteiger partial charge in [0.1, 0.15) is 0 Å². The third-order valence-electron chi connectivity index (χ3n) is 2.81. The van der Waals surface area contributed by atoms with Crippen LogP contribution in [0.3, 0.4) is 0 Å². The Kier molecular flexibility index (Phi) is 4.66. The molecule has 1 N–H and O–H groups in total. The number of hydrogen-bond donors (Lipinski definition) is 1. The van der Waals surface area contributed by atoms with Crippen molar-refractivity contribution in [2.75, 3.05) is 26.3 Å². The molecule has 8 heteroatoms. The largest absolute Gasteiger partial charge is 0.416 e. The fourth-order valence-corrected chi connectivity index (χ4v) is 2.18. The van der Waals surface area contributed by atoms with Gasteiger partial charge in [0.2, 0.25) is 0 Å². The minimum absolute atomic E-state index is 0.0497. The molecule has 1 aliphatic rings. The van der Waals surface area contributed by atoms with Gasteiger partial charge in [-0.25, -0.2) is 5.01 Å². The predicted octanol–water partition coefficient (Wildman–Crippen LogP) is 2.44. The van der Waals surface area contributed by atoms with Gasteiger partial charge in [0, 0.05) is 17.6 Å². The van der Waals surface area contributed by atoms with Crippen molar-refractivity contribution in [3.63, 3.8) is 0 Å². The number of rotatable bonds is 2. The zero-order valence-corrected chi connectivity index (χ0v) is 11.9. The molecule has 0 aromatic heterocycles. The van der Waals surface area contributed by atoms with Gasteiger partial charge in [-0.15, -0.1) is 0 Å². The Hall–Kier alpha value is -1.12. The lowest BCUT2D eigenvalue weighted by atomic mass is 10.1. The summed E-state index contributed by atoms with van der Waals surface area (Å²) in [6.45, 7) is 1.96. The van der Waals surface area contributed by atoms with Gasteiger partial charge in [-0.3, -0.25) is 10.2 Å². The number of alkyl halides is 3. The summed E-state index contributed by atoms with van der Waals surface area (Å²) in [6, 6.07) is 2.98. The summed E-state index contributed by atoms with van der Waals surface area (Å²) in [7, 11) is 0. The van der Waals surface area contributed by atoms with E-state index in [9.17, 15) is 18.0 Å². The van der Waals surface area contributed by atoms with Gasteiger partial charge in [0.15, 0.2) is 0 Å². The average molecular weight is 353 g/mol. The monoisotopic (exact) mass is 352 g/mol. The highest BCUT2D eigenvalue weighted by atomic mass is 79.9. The lowest BCUT2D eigenvalue weighted by Crippen LogP contribution is -2.48. The standard InChI is InChI=1S/C12H12BrF3N2O2/c13-10-2-1-8(12(14,15)16)7-9(10)11(19)17-18-3-5-20-6-4-18/h1-2,7H,3-6H2,(H,17,19). The van der Waals surface area contributed by atoms with Crippen LogP contribution in [0.5, 0.6) is 0 Å². The van der Waals surface area contributed by atoms with Gasteiger partial charge >= 0.3 is 6.18 Å². The van der Waals surface area contributed by atoms with Crippen LogP contribution in [0.25, 0.3) is 0 Å². The first-order valence-corrected chi connectivity index (χ1v) is 6.67. The first-order chi connectivity index (χ1) is 9.38. The van der Waals surface area contributed by atoms with E-state index in [1.54, 1.807) is 5.01 Å². The first-order valence-electron chi connectivity index (χ1n) is 5.88. The molecule has 0 radical (unpaired) electrons. The topological polar surface area (TPSA) is 41.6 Å². The number of hydrazine groups is 1. The minimum atomic E-state index is -4.48. The summed E-state index contributed by atoms with van der Waals surface area (Å²) in [5, 5.41) is 1.62. The van der Waals surface area contributed by atoms with E-state index in [-0.39, 0.29) is 5.56 Å². The van der Waals surface area contributed by atoms with Crippen molar-refractivity contribution < 1.29 is 22.7 Å². The highest BCUT2D eigenvalue weighted by molar-refractivity contribution is 9.10. The number of carbonyl (C=O) groups is 1. The summed E-state index contributed by atoms with van der Waals surface area (Å²) in [4.78, 5) is 12.0. The zero-order chi connectivity index (χ0) is 14.8. The van der Waals surface area contributed by atoms with Crippen LogP contribution in [-0.4, -0.2) is 37.2 Å². The molecule has 1 aromatic carbocycles. The molecule has 1 fully saturated rings. The molecule has 0 saturated carbocycles. The molecular weight excluding hydrogens is 341 g/mol. The average Bonchev–Trinajstić information content (AvgIpc) is 2.39. The molecule has 0 atom stereocenters. The van der Waals surface area contributed by atoms with Gasteiger partial charge in [-0.1, -0.05) is 0 Å². The third kappa shape index (κ3) is 3.71. The summed E-state index contributed by atoms with van der Waals surface area (Å²) in [5.41, 5.74) is 1.67. The molecule has 0 bridgehead atoms. The van der Waals surface area contributed by atoms with Crippen molar-refractivity contribution in [2.24, 2.45) is 0 Å². The molecule has 1 saturated heterocycles. The second-order valence-corrected chi connectivity index (χ2v) is 5.09. The van der Waals surface area contributed by atoms with E-state index in [1.807, 2.05) is 0 Å². The number of benzene rings is 1. The smallest absolute Gasteiger partial charge is 0.379 e. The lowest BCUT2D eigenvalue weighted by Gasteiger charge is -2.27. The van der Waals surface area contributed by atoms with Gasteiger partial charge in [-0.2, -0.15) is 13.2 Å². The molecule has 2 rings (SSSR count). The van der Waals surface area contributed by atoms with Crippen LogP contribution in [0.4, 0.5) is 13.2 Å². The number of nitrogens with one attached hydrogen (secondary N) is 1. The summed E-state index contributed by atoms with van der Waals surface area (Å²) in [5.74, 6) is -0.579. The number of amides is 1. The highest BCUT2D eigenvalue weighted by Crippen LogP contribution is 2.31. The number of ether oxygens (including phenoxy) is 1. The van der Waals surface area contributed by atoms with Crippen LogP contribution in [0.2, 0.25) is 0 Å². The number of morpholine rings is 1. The maximum Gasteiger partial charge on any atom is 0.416 e. The van der Waals surface area contributed by atoms with Crippen molar-refractivity contribution in [3.05, 3.63) is 33.8 Å². The van der Waals surface area contributed by atoms with E-state index in [1.165, 1.54) is 6.07 Å². The summed E-state index contributed by atoms with van der Waals surface area (Å²) >= 11 is 3.09. The van der Waals surface area contributed by atoms with Crippen molar-refractivity contribution in [2.45, 2.75) is 6.18 Å². The van der Waals surface area contributed by atoms with Gasteiger partial charge in [-0.05, 0) is 34.1 Å². The van der Waals surface area contributed by atoms with Crippen LogP contribution in [-0.2, 0) is 10.9 Å². The molecule has 1 heterocycles. The molecule has 110 valence electrons. The van der Waals surface area contributed by atoms with Crippen LogP contribution in [0, 0.1) is 0 Å². The lowest BCUT2D eigenvalue weighted by molar-refractivity contribution is -0.137. The van der Waals surface area contributed by atoms with Gasteiger partial charge in [0.25, 0.3) is 5.91 Å². The summed E-state index contributed by atoms with van der Waals surface area (Å²) < 4.78 is 43.4. The van der Waals surface area contributed by atoms with Crippen molar-refractivity contribution in [1.82, 2.24) is 10.4 Å². The maximum atomic E-state index is 12.6. The first kappa shape index (κ1) is 15.3. The second kappa shape index (κ2) is 6.11. The number of hydrogen-bond acceptors (Lipinski definition) is 3. The zero-order valence-electron chi connectivity index (χ0n) is 10.3.